The number of benzene rings is 2. The summed E-state index contributed by atoms with van der Waals surface area (Å²) in [6, 6.07) is 13.8. The van der Waals surface area contributed by atoms with Gasteiger partial charge in [0.05, 0.1) is 0 Å². The quantitative estimate of drug-likeness (QED) is 0.546. The third-order valence-corrected chi connectivity index (χ3v) is 4.30. The van der Waals surface area contributed by atoms with Gasteiger partial charge >= 0.3 is 12.1 Å². The van der Waals surface area contributed by atoms with Gasteiger partial charge in [0.15, 0.2) is 6.61 Å². The third kappa shape index (κ3) is 7.35. The molecule has 2 rings (SSSR count). The zero-order chi connectivity index (χ0) is 22.3. The fraction of sp³-hybridized carbons (Fsp3) is 0.375. The number of Topliss-reactive ketones (excluding diaryl/α,β-unsaturated/α-hetero) is 1. The van der Waals surface area contributed by atoms with Gasteiger partial charge in [-0.3, -0.25) is 4.79 Å². The van der Waals surface area contributed by atoms with E-state index in [1.54, 1.807) is 26.8 Å². The number of nitrogens with one attached hydrogen (secondary N) is 1. The van der Waals surface area contributed by atoms with Crippen molar-refractivity contribution >= 4 is 17.8 Å². The lowest BCUT2D eigenvalue weighted by Gasteiger charge is -2.23. The molecule has 0 bridgehead atoms. The molecule has 0 aliphatic heterocycles. The van der Waals surface area contributed by atoms with E-state index in [0.29, 0.717) is 5.56 Å². The fourth-order valence-electron chi connectivity index (χ4n) is 2.84. The molecule has 1 atom stereocenters. The highest BCUT2D eigenvalue weighted by atomic mass is 16.6. The van der Waals surface area contributed by atoms with Crippen LogP contribution in [0.5, 0.6) is 0 Å². The largest absolute Gasteiger partial charge is 0.456 e. The maximum atomic E-state index is 12.7. The zero-order valence-electron chi connectivity index (χ0n) is 18.2. The Morgan fingerprint density at radius 1 is 1.00 bits per heavy atom. The standard InChI is InChI=1S/C24H29NO5/c1-16-11-12-17(2)19(13-16)21(26)15-29-22(27)20(14-18-9-7-6-8-10-18)25-23(28)30-24(3,4)5/h6-13,20H,14-15H2,1-5H3,(H,25,28)/t20-/m0/s1. The summed E-state index contributed by atoms with van der Waals surface area (Å²) in [5.41, 5.74) is 2.42. The summed E-state index contributed by atoms with van der Waals surface area (Å²) in [4.78, 5) is 37.4. The minimum Gasteiger partial charge on any atom is -0.456 e. The van der Waals surface area contributed by atoms with Gasteiger partial charge < -0.3 is 14.8 Å². The molecule has 0 unspecified atom stereocenters. The molecular weight excluding hydrogens is 382 g/mol. The molecular formula is C24H29NO5. The van der Waals surface area contributed by atoms with Crippen LogP contribution in [-0.4, -0.2) is 36.1 Å². The first-order valence-electron chi connectivity index (χ1n) is 9.85. The second kappa shape index (κ2) is 10.1. The van der Waals surface area contributed by atoms with Crippen LogP contribution in [0.4, 0.5) is 4.79 Å². The SMILES string of the molecule is Cc1ccc(C)c(C(=O)COC(=O)[C@H](Cc2ccccc2)NC(=O)OC(C)(C)C)c1. The summed E-state index contributed by atoms with van der Waals surface area (Å²) < 4.78 is 10.5. The van der Waals surface area contributed by atoms with E-state index in [0.717, 1.165) is 16.7 Å². The molecule has 0 aliphatic carbocycles. The van der Waals surface area contributed by atoms with Gasteiger partial charge in [0, 0.05) is 12.0 Å². The van der Waals surface area contributed by atoms with Gasteiger partial charge in [-0.05, 0) is 51.8 Å². The molecule has 0 aliphatic rings. The van der Waals surface area contributed by atoms with Crippen LogP contribution < -0.4 is 5.32 Å². The van der Waals surface area contributed by atoms with Gasteiger partial charge in [-0.15, -0.1) is 0 Å². The van der Waals surface area contributed by atoms with Crippen molar-refractivity contribution in [2.75, 3.05) is 6.61 Å². The van der Waals surface area contributed by atoms with Crippen molar-refractivity contribution in [3.63, 3.8) is 0 Å². The molecule has 0 spiro atoms. The summed E-state index contributed by atoms with van der Waals surface area (Å²) in [5.74, 6) is -0.983. The molecule has 0 aromatic heterocycles. The third-order valence-electron chi connectivity index (χ3n) is 4.30. The zero-order valence-corrected chi connectivity index (χ0v) is 18.2. The number of ether oxygens (including phenoxy) is 2. The van der Waals surface area contributed by atoms with Gasteiger partial charge in [-0.2, -0.15) is 0 Å². The van der Waals surface area contributed by atoms with Crippen LogP contribution >= 0.6 is 0 Å². The second-order valence-electron chi connectivity index (χ2n) is 8.24. The maximum Gasteiger partial charge on any atom is 0.408 e. The monoisotopic (exact) mass is 411 g/mol. The lowest BCUT2D eigenvalue weighted by atomic mass is 10.0. The Labute approximate surface area is 177 Å². The molecule has 2 aromatic carbocycles. The Morgan fingerprint density at radius 2 is 1.67 bits per heavy atom. The molecule has 2 aromatic rings. The Bertz CT molecular complexity index is 900. The number of hydrogen-bond acceptors (Lipinski definition) is 5. The Hall–Kier alpha value is -3.15. The number of rotatable bonds is 7. The fourth-order valence-corrected chi connectivity index (χ4v) is 2.84. The van der Waals surface area contributed by atoms with Crippen LogP contribution in [0.25, 0.3) is 0 Å². The van der Waals surface area contributed by atoms with Crippen LogP contribution in [0.15, 0.2) is 48.5 Å². The number of alkyl carbamates (subject to hydrolysis) is 1. The van der Waals surface area contributed by atoms with Crippen LogP contribution in [0.3, 0.4) is 0 Å². The van der Waals surface area contributed by atoms with Crippen molar-refractivity contribution in [3.8, 4) is 0 Å². The molecule has 160 valence electrons. The summed E-state index contributed by atoms with van der Waals surface area (Å²) in [7, 11) is 0. The van der Waals surface area contributed by atoms with E-state index in [4.69, 9.17) is 9.47 Å². The van der Waals surface area contributed by atoms with Crippen molar-refractivity contribution in [1.29, 1.82) is 0 Å². The molecule has 30 heavy (non-hydrogen) atoms. The van der Waals surface area contributed by atoms with Gasteiger partial charge in [-0.1, -0.05) is 48.0 Å². The number of ketones is 1. The first-order chi connectivity index (χ1) is 14.0. The topological polar surface area (TPSA) is 81.7 Å². The highest BCUT2D eigenvalue weighted by Gasteiger charge is 2.26. The lowest BCUT2D eigenvalue weighted by Crippen LogP contribution is -2.45. The van der Waals surface area contributed by atoms with Gasteiger partial charge in [0.25, 0.3) is 0 Å². The summed E-state index contributed by atoms with van der Waals surface area (Å²) in [5, 5.41) is 2.56. The highest BCUT2D eigenvalue weighted by Crippen LogP contribution is 2.13. The normalized spacial score (nSPS) is 12.0. The number of carbonyl (C=O) groups is 3. The van der Waals surface area contributed by atoms with Gasteiger partial charge in [-0.25, -0.2) is 9.59 Å². The highest BCUT2D eigenvalue weighted by molar-refractivity contribution is 5.99. The average Bonchev–Trinajstić information content (AvgIpc) is 2.66. The van der Waals surface area contributed by atoms with Crippen molar-refractivity contribution in [3.05, 3.63) is 70.8 Å². The molecule has 0 fully saturated rings. The molecule has 0 saturated carbocycles. The van der Waals surface area contributed by atoms with E-state index < -0.39 is 30.3 Å². The summed E-state index contributed by atoms with van der Waals surface area (Å²) in [6.07, 6.45) is -0.502. The number of hydrogen-bond donors (Lipinski definition) is 1. The van der Waals surface area contributed by atoms with Crippen molar-refractivity contribution in [2.24, 2.45) is 0 Å². The number of esters is 1. The van der Waals surface area contributed by atoms with Crippen molar-refractivity contribution in [1.82, 2.24) is 5.32 Å². The van der Waals surface area contributed by atoms with E-state index in [1.807, 2.05) is 56.3 Å². The van der Waals surface area contributed by atoms with E-state index >= 15 is 0 Å². The predicted octanol–water partition coefficient (Wildman–Crippen LogP) is 4.17. The van der Waals surface area contributed by atoms with Crippen molar-refractivity contribution in [2.45, 2.75) is 52.7 Å². The summed E-state index contributed by atoms with van der Waals surface area (Å²) >= 11 is 0. The van der Waals surface area contributed by atoms with Crippen LogP contribution in [-0.2, 0) is 20.7 Å². The second-order valence-corrected chi connectivity index (χ2v) is 8.24. The predicted molar refractivity (Wildman–Crippen MR) is 115 cm³/mol. The number of aryl methyl sites for hydroxylation is 2. The van der Waals surface area contributed by atoms with E-state index in [-0.39, 0.29) is 12.2 Å². The van der Waals surface area contributed by atoms with Gasteiger partial charge in [0.1, 0.15) is 11.6 Å². The molecule has 0 saturated heterocycles. The van der Waals surface area contributed by atoms with Gasteiger partial charge in [0.2, 0.25) is 5.78 Å². The molecule has 6 nitrogen and oxygen atoms in total. The summed E-state index contributed by atoms with van der Waals surface area (Å²) in [6.45, 7) is 8.53. The lowest BCUT2D eigenvalue weighted by molar-refractivity contribution is -0.145. The van der Waals surface area contributed by atoms with Crippen LogP contribution in [0, 0.1) is 13.8 Å². The maximum absolute atomic E-state index is 12.7. The Kier molecular flexibility index (Phi) is 7.75. The number of carbonyl (C=O) groups excluding carboxylic acids is 3. The average molecular weight is 411 g/mol. The Balaban J connectivity index is 2.08. The number of amides is 1. The first kappa shape index (κ1) is 23.1. The molecule has 1 amide bonds. The molecule has 6 heteroatoms. The van der Waals surface area contributed by atoms with E-state index in [9.17, 15) is 14.4 Å². The Morgan fingerprint density at radius 3 is 2.30 bits per heavy atom. The minimum absolute atomic E-state index is 0.219. The molecule has 0 radical (unpaired) electrons. The van der Waals surface area contributed by atoms with Crippen LogP contribution in [0.1, 0.15) is 47.8 Å². The first-order valence-corrected chi connectivity index (χ1v) is 9.85. The van der Waals surface area contributed by atoms with Crippen molar-refractivity contribution < 1.29 is 23.9 Å². The molecule has 0 heterocycles. The minimum atomic E-state index is -0.978. The van der Waals surface area contributed by atoms with E-state index in [1.165, 1.54) is 0 Å². The van der Waals surface area contributed by atoms with E-state index in [2.05, 4.69) is 5.32 Å². The van der Waals surface area contributed by atoms with Crippen LogP contribution in [0.2, 0.25) is 0 Å². The molecule has 1 N–H and O–H groups in total. The smallest absolute Gasteiger partial charge is 0.408 e.